The van der Waals surface area contributed by atoms with Gasteiger partial charge in [0.15, 0.2) is 10.9 Å². The third kappa shape index (κ3) is 18.1. The van der Waals surface area contributed by atoms with E-state index < -0.39 is 117 Å². The second kappa shape index (κ2) is 35.2. The predicted molar refractivity (Wildman–Crippen MR) is 425 cm³/mol. The number of thioether (sulfide) groups is 3. The molecule has 2 aromatic heterocycles. The van der Waals surface area contributed by atoms with Crippen molar-refractivity contribution in [2.75, 3.05) is 30.3 Å². The fraction of sp³-hybridized carbons (Fsp3) is 0.160. The second-order valence-electron chi connectivity index (χ2n) is 26.6. The van der Waals surface area contributed by atoms with Crippen molar-refractivity contribution in [3.63, 3.8) is 0 Å². The molecule has 0 bridgehead atoms. The number of aromatic carboxylic acids is 2. The number of aliphatic hydroxyl groups excluding tert-OH is 1. The zero-order valence-corrected chi connectivity index (χ0v) is 64.9. The SMILES string of the molecule is C=C1CSC(C(NC(=O)CNC(=O)c2cc3cc(Cl)c(O)cc3oc2=O)C(=O)[O-])N=C1C(=O)[O-].Cc1ccc(-c2c3ccc(=O)cc-3oc3cc([O-])ccc23)c(C(=O)O)c1.O.O=C(CNCc1cc2c(oc1=O)=CC(O)C(Cl)C=2)NC1C(=O)N2C(C(=O)[O-])=C(CSc3ccc(-c4c5ccc(=O)cc-5oc5cc([O-])ccc45)c(C(=O)O)c3)CSC12. The van der Waals surface area contributed by atoms with Crippen LogP contribution in [0.25, 0.3) is 90.0 Å². The van der Waals surface area contributed by atoms with Gasteiger partial charge in [0, 0.05) is 90.5 Å². The molecule has 4 amide bonds. The molecule has 6 atom stereocenters. The highest BCUT2D eigenvalue weighted by molar-refractivity contribution is 8.01. The molecule has 1 saturated heterocycles. The molecule has 0 radical (unpaired) electrons. The average molecular weight is 1710 g/mol. The van der Waals surface area contributed by atoms with Gasteiger partial charge in [-0.25, -0.2) is 19.2 Å². The number of benzene rings is 7. The van der Waals surface area contributed by atoms with Crippen molar-refractivity contribution in [2.45, 2.75) is 52.7 Å². The van der Waals surface area contributed by atoms with Crippen LogP contribution in [0.2, 0.25) is 5.02 Å². The van der Waals surface area contributed by atoms with Gasteiger partial charge in [0.05, 0.1) is 75.6 Å². The lowest BCUT2D eigenvalue weighted by atomic mass is 9.90. The molecular weight excluding hydrogens is 1660 g/mol. The summed E-state index contributed by atoms with van der Waals surface area (Å²) in [5.41, 5.74) is 1.59. The van der Waals surface area contributed by atoms with E-state index in [1.54, 1.807) is 48.5 Å². The molecule has 7 aromatic rings. The van der Waals surface area contributed by atoms with Crippen molar-refractivity contribution in [3.05, 3.63) is 242 Å². The minimum Gasteiger partial charge on any atom is -0.872 e. The number of aryl methyl sites for hydroxylation is 1. The number of aliphatic hydroxyl groups is 1. The number of phenolic OH excluding ortho intramolecular Hbond substituents is 1. The van der Waals surface area contributed by atoms with Crippen LogP contribution in [0.15, 0.2) is 204 Å². The number of hydrogen-bond donors (Lipinski definition) is 8. The minimum atomic E-state index is -1.73. The molecule has 8 aliphatic rings. The third-order valence-corrected chi connectivity index (χ3v) is 23.0. The number of aromatic hydroxyl groups is 1. The highest BCUT2D eigenvalue weighted by atomic mass is 35.5. The van der Waals surface area contributed by atoms with Gasteiger partial charge in [0.1, 0.15) is 67.8 Å². The summed E-state index contributed by atoms with van der Waals surface area (Å²) in [7, 11) is 0. The first-order valence-corrected chi connectivity index (χ1v) is 38.7. The van der Waals surface area contributed by atoms with Crippen LogP contribution in [-0.4, -0.2) is 155 Å². The van der Waals surface area contributed by atoms with Gasteiger partial charge in [-0.3, -0.25) is 38.7 Å². The van der Waals surface area contributed by atoms with Crippen molar-refractivity contribution in [2.24, 2.45) is 4.99 Å². The highest BCUT2D eigenvalue weighted by Crippen LogP contribution is 2.46. The number of aliphatic imine (C=N–C) groups is 1. The quantitative estimate of drug-likeness (QED) is 0.0173. The number of carbonyl (C=O) groups excluding carboxylic acids is 7. The van der Waals surface area contributed by atoms with Crippen molar-refractivity contribution in [1.82, 2.24) is 26.2 Å². The second-order valence-corrected chi connectivity index (χ2v) is 30.8. The summed E-state index contributed by atoms with van der Waals surface area (Å²) < 4.78 is 21.8. The monoisotopic (exact) mass is 1710 g/mol. The first-order valence-electron chi connectivity index (χ1n) is 34.8. The van der Waals surface area contributed by atoms with E-state index in [0.29, 0.717) is 71.2 Å². The van der Waals surface area contributed by atoms with Crippen LogP contribution in [0.1, 0.15) is 42.2 Å². The summed E-state index contributed by atoms with van der Waals surface area (Å²) >= 11 is 15.2. The van der Waals surface area contributed by atoms with Crippen LogP contribution in [0.3, 0.4) is 0 Å². The Morgan fingerprint density at radius 1 is 0.672 bits per heavy atom. The third-order valence-electron chi connectivity index (χ3n) is 18.7. The van der Waals surface area contributed by atoms with Gasteiger partial charge in [0.25, 0.3) is 11.8 Å². The summed E-state index contributed by atoms with van der Waals surface area (Å²) in [6, 6.07) is 29.1. The number of carbonyl (C=O) groups is 9. The number of aliphatic carboxylic acids is 3. The summed E-state index contributed by atoms with van der Waals surface area (Å²) in [4.78, 5) is 164. The summed E-state index contributed by atoms with van der Waals surface area (Å²) in [5.74, 6) is -10.6. The van der Waals surface area contributed by atoms with Crippen LogP contribution in [0.4, 0.5) is 0 Å². The van der Waals surface area contributed by atoms with E-state index in [-0.39, 0.29) is 125 Å². The van der Waals surface area contributed by atoms with E-state index in [9.17, 15) is 108 Å². The van der Waals surface area contributed by atoms with Crippen LogP contribution in [0.5, 0.6) is 17.2 Å². The van der Waals surface area contributed by atoms with Gasteiger partial charge in [-0.2, -0.15) is 0 Å². The van der Waals surface area contributed by atoms with Crippen LogP contribution >= 0.6 is 58.5 Å². The molecule has 0 spiro atoms. The Morgan fingerprint density at radius 2 is 1.29 bits per heavy atom. The first-order chi connectivity index (χ1) is 56.2. The average Bonchev–Trinajstić information content (AvgIpc) is 0.743. The van der Waals surface area contributed by atoms with E-state index in [2.05, 4.69) is 32.8 Å². The van der Waals surface area contributed by atoms with Crippen molar-refractivity contribution in [1.29, 1.82) is 0 Å². The van der Waals surface area contributed by atoms with E-state index >= 15 is 0 Å². The molecule has 1 fully saturated rings. The number of nitrogens with one attached hydrogen (secondary N) is 4. The van der Waals surface area contributed by atoms with Crippen LogP contribution in [0, 0.1) is 6.92 Å². The standard InChI is InChI=1S/C40H30ClN3O12S2.C21H14O5.C20H16ClN3O9S.H2O/c41-27-8-17-7-18(40(54)56-29(17)12-28(27)47)13-42-14-32(48)43-34-36(49)44-35(39(52)53)19(16-58-37(34)44)15-57-22-3-6-23(26(11-22)38(50)51)33-24-4-1-20(45)9-30(24)55-31-10-21(46)2-5-25(31)33;1-11-2-5-14(17(8-11)21(24)25)20-15-6-3-12(22)9-18(15)26-19-10-13(23)4-7-16(19)20;1-7-6-34-17(24-14(7)18(28)29)15(19(30)31)23-13(26)5-22-16(27)9-2-8-3-10(21)11(25)4-12(8)33-20(9)32;/h1-12,27-28,34,37,42,45,47H,13-16H2,(H,43,48)(H,50,51)(H,52,53);2-10,22H,1H3,(H,24,25);2-4,15,17,25H,1,5-6H2,(H,22,27)(H,23,26)(H,28,29)(H,30,31);1H2/p-5. The Labute approximate surface area is 688 Å². The molecule has 119 heavy (non-hydrogen) atoms. The number of fused-ring (bicyclic) bond motifs is 7. The molecule has 610 valence electrons. The van der Waals surface area contributed by atoms with Gasteiger partial charge in [-0.1, -0.05) is 72.3 Å². The Balaban J connectivity index is 0.000000180. The Kier molecular flexibility index (Phi) is 25.2. The first kappa shape index (κ1) is 85.1. The minimum absolute atomic E-state index is 0. The number of carboxylic acid groups (broad SMARTS) is 5. The highest BCUT2D eigenvalue weighted by Gasteiger charge is 2.53. The van der Waals surface area contributed by atoms with Crippen molar-refractivity contribution >= 4 is 163 Å². The van der Waals surface area contributed by atoms with Gasteiger partial charge < -0.3 is 105 Å². The molecule has 6 unspecified atom stereocenters. The lowest BCUT2D eigenvalue weighted by molar-refractivity contribution is -0.308. The molecule has 33 nitrogen and oxygen atoms in total. The van der Waals surface area contributed by atoms with E-state index in [0.717, 1.165) is 46.1 Å². The van der Waals surface area contributed by atoms with E-state index in [4.69, 9.17) is 40.9 Å². The maximum atomic E-state index is 13.3. The Bertz CT molecular complexity index is 6540. The number of nitrogens with zero attached hydrogens (tertiary/aromatic N) is 2. The van der Waals surface area contributed by atoms with Gasteiger partial charge in [-0.05, 0) is 108 Å². The Morgan fingerprint density at radius 3 is 1.89 bits per heavy atom. The number of β-lactam (4-membered cyclic amide) rings is 1. The van der Waals surface area contributed by atoms with Gasteiger partial charge in [0.2, 0.25) is 11.8 Å². The molecule has 10 N–H and O–H groups in total. The fourth-order valence-electron chi connectivity index (χ4n) is 13.2. The zero-order valence-electron chi connectivity index (χ0n) is 60.9. The lowest BCUT2D eigenvalue weighted by Crippen LogP contribution is -2.71. The van der Waals surface area contributed by atoms with Crippen molar-refractivity contribution in [3.8, 4) is 62.1 Å². The van der Waals surface area contributed by atoms with E-state index in [1.807, 2.05) is 13.0 Å². The topological polar surface area (TPSA) is 566 Å². The van der Waals surface area contributed by atoms with Gasteiger partial charge >= 0.3 is 23.2 Å². The maximum Gasteiger partial charge on any atom is 0.349 e. The number of carboxylic acids is 5. The number of alkyl halides is 1. The maximum absolute atomic E-state index is 13.3. The van der Waals surface area contributed by atoms with Crippen LogP contribution < -0.4 is 79.5 Å². The number of rotatable bonds is 20. The molecule has 7 heterocycles. The van der Waals surface area contributed by atoms with Crippen LogP contribution in [-0.2, 0) is 35.3 Å². The zero-order chi connectivity index (χ0) is 84.6. The summed E-state index contributed by atoms with van der Waals surface area (Å²) in [5, 5.41) is 107. The predicted octanol–water partition coefficient (Wildman–Crippen LogP) is 0.875. The molecule has 5 aliphatic heterocycles. The van der Waals surface area contributed by atoms with Gasteiger partial charge in [-0.15, -0.1) is 58.4 Å². The number of phenols is 1. The molecule has 0 saturated carbocycles. The normalized spacial score (nSPS) is 16.8. The lowest BCUT2D eigenvalue weighted by Gasteiger charge is -2.50. The number of hydrogen-bond acceptors (Lipinski definition) is 29. The van der Waals surface area contributed by atoms with Crippen molar-refractivity contribution < 1.29 is 112 Å². The molecular formula is C81H57Cl2N6O27S3-5. The van der Waals surface area contributed by atoms with E-state index in [1.165, 1.54) is 90.6 Å². The fourth-order valence-corrected chi connectivity index (χ4v) is 17.0. The largest absolute Gasteiger partial charge is 0.872 e. The Hall–Kier alpha value is -13.3. The molecule has 38 heteroatoms. The molecule has 5 aromatic carbocycles. The number of amides is 4. The number of halogens is 2. The summed E-state index contributed by atoms with van der Waals surface area (Å²) in [6.07, 6.45) is 1.89. The summed E-state index contributed by atoms with van der Waals surface area (Å²) in [6.45, 7) is 4.26. The molecule has 15 rings (SSSR count). The molecule has 3 aliphatic carbocycles. The smallest absolute Gasteiger partial charge is 0.349 e.